The van der Waals surface area contributed by atoms with Crippen LogP contribution in [0.4, 0.5) is 5.69 Å². The minimum Gasteiger partial charge on any atom is -0.381 e. The lowest BCUT2D eigenvalue weighted by Crippen LogP contribution is -2.39. The molecule has 0 aromatic carbocycles. The van der Waals surface area contributed by atoms with Gasteiger partial charge in [0.15, 0.2) is 0 Å². The Labute approximate surface area is 92.6 Å². The second-order valence-electron chi connectivity index (χ2n) is 3.75. The molecule has 1 fully saturated rings. The molecule has 1 aliphatic heterocycles. The van der Waals surface area contributed by atoms with E-state index in [0.29, 0.717) is 31.7 Å². The molecule has 1 saturated heterocycles. The Morgan fingerprint density at radius 3 is 2.94 bits per heavy atom. The molecule has 0 radical (unpaired) electrons. The predicted octanol–water partition coefficient (Wildman–Crippen LogP) is 0.669. The molecule has 2 heterocycles. The number of aromatic nitrogens is 2. The molecule has 0 unspecified atom stereocenters. The Morgan fingerprint density at radius 1 is 1.62 bits per heavy atom. The number of rotatable bonds is 2. The number of carbonyl (C=O) groups is 1. The third kappa shape index (κ3) is 1.90. The average Bonchev–Trinajstić information content (AvgIpc) is 2.82. The summed E-state index contributed by atoms with van der Waals surface area (Å²) in [5.74, 6) is -0.278. The molecule has 1 amide bonds. The smallest absolute Gasteiger partial charge is 0.245 e. The number of carbonyl (C=O) groups excluding carboxylic acids is 1. The minimum atomic E-state index is -0.963. The lowest BCUT2D eigenvalue weighted by Gasteiger charge is -2.28. The molecule has 1 aliphatic rings. The summed E-state index contributed by atoms with van der Waals surface area (Å²) < 4.78 is 5.16. The van der Waals surface area contributed by atoms with Crippen LogP contribution >= 0.6 is 0 Å². The summed E-state index contributed by atoms with van der Waals surface area (Å²) in [5, 5.41) is 18.1. The Hall–Kier alpha value is -1.87. The van der Waals surface area contributed by atoms with Gasteiger partial charge in [0.05, 0.1) is 18.0 Å². The number of aromatic amines is 1. The van der Waals surface area contributed by atoms with Gasteiger partial charge in [0, 0.05) is 19.4 Å². The van der Waals surface area contributed by atoms with Crippen LogP contribution in [0.1, 0.15) is 12.8 Å². The van der Waals surface area contributed by atoms with Crippen LogP contribution in [-0.2, 0) is 9.53 Å². The molecule has 0 bridgehead atoms. The van der Waals surface area contributed by atoms with Gasteiger partial charge in [0.2, 0.25) is 5.91 Å². The van der Waals surface area contributed by atoms with Gasteiger partial charge in [-0.1, -0.05) is 0 Å². The predicted molar refractivity (Wildman–Crippen MR) is 55.3 cm³/mol. The van der Waals surface area contributed by atoms with E-state index in [9.17, 15) is 4.79 Å². The molecule has 16 heavy (non-hydrogen) atoms. The number of ether oxygens (including phenoxy) is 1. The number of anilines is 1. The van der Waals surface area contributed by atoms with E-state index in [-0.39, 0.29) is 5.91 Å². The molecular formula is C10H12N4O2. The molecular weight excluding hydrogens is 208 g/mol. The first kappa shape index (κ1) is 10.6. The molecule has 2 rings (SSSR count). The van der Waals surface area contributed by atoms with Crippen LogP contribution in [0, 0.1) is 16.7 Å². The number of hydrogen-bond donors (Lipinski definition) is 2. The van der Waals surface area contributed by atoms with Crippen molar-refractivity contribution >= 4 is 11.6 Å². The van der Waals surface area contributed by atoms with E-state index < -0.39 is 5.41 Å². The number of nitrogens with one attached hydrogen (secondary N) is 2. The van der Waals surface area contributed by atoms with Crippen molar-refractivity contribution in [1.82, 2.24) is 10.2 Å². The van der Waals surface area contributed by atoms with Crippen LogP contribution in [0.2, 0.25) is 0 Å². The van der Waals surface area contributed by atoms with Crippen molar-refractivity contribution in [3.8, 4) is 6.07 Å². The largest absolute Gasteiger partial charge is 0.381 e. The van der Waals surface area contributed by atoms with Crippen molar-refractivity contribution in [3.63, 3.8) is 0 Å². The molecule has 6 nitrogen and oxygen atoms in total. The van der Waals surface area contributed by atoms with Crippen LogP contribution < -0.4 is 5.32 Å². The lowest BCUT2D eigenvalue weighted by atomic mass is 9.81. The second kappa shape index (κ2) is 4.33. The Morgan fingerprint density at radius 2 is 2.38 bits per heavy atom. The molecule has 1 aromatic heterocycles. The fourth-order valence-corrected chi connectivity index (χ4v) is 1.68. The Balaban J connectivity index is 2.10. The van der Waals surface area contributed by atoms with E-state index in [1.54, 1.807) is 6.20 Å². The molecule has 6 heteroatoms. The van der Waals surface area contributed by atoms with Gasteiger partial charge in [0.1, 0.15) is 5.41 Å². The zero-order valence-corrected chi connectivity index (χ0v) is 8.69. The average molecular weight is 220 g/mol. The highest BCUT2D eigenvalue weighted by Crippen LogP contribution is 2.31. The summed E-state index contributed by atoms with van der Waals surface area (Å²) in [5.41, 5.74) is -0.388. The van der Waals surface area contributed by atoms with Crippen LogP contribution in [0.5, 0.6) is 0 Å². The van der Waals surface area contributed by atoms with E-state index >= 15 is 0 Å². The van der Waals surface area contributed by atoms with Gasteiger partial charge >= 0.3 is 0 Å². The molecule has 1 aromatic rings. The van der Waals surface area contributed by atoms with E-state index in [4.69, 9.17) is 10.00 Å². The first-order valence-corrected chi connectivity index (χ1v) is 5.06. The maximum atomic E-state index is 12.0. The van der Waals surface area contributed by atoms with Gasteiger partial charge in [-0.05, 0) is 12.8 Å². The quantitative estimate of drug-likeness (QED) is 0.766. The summed E-state index contributed by atoms with van der Waals surface area (Å²) in [4.78, 5) is 12.0. The van der Waals surface area contributed by atoms with Crippen LogP contribution in [0.3, 0.4) is 0 Å². The normalized spacial score (nSPS) is 18.7. The monoisotopic (exact) mass is 220 g/mol. The topological polar surface area (TPSA) is 90.8 Å². The summed E-state index contributed by atoms with van der Waals surface area (Å²) in [6, 6.07) is 2.11. The lowest BCUT2D eigenvalue weighted by molar-refractivity contribution is -0.126. The van der Waals surface area contributed by atoms with Crippen molar-refractivity contribution in [3.05, 3.63) is 12.4 Å². The SMILES string of the molecule is N#CC1(C(=O)Nc2cn[nH]c2)CCOCC1. The zero-order valence-electron chi connectivity index (χ0n) is 8.69. The van der Waals surface area contributed by atoms with E-state index in [1.807, 2.05) is 0 Å². The van der Waals surface area contributed by atoms with Gasteiger partial charge in [-0.2, -0.15) is 10.4 Å². The fraction of sp³-hybridized carbons (Fsp3) is 0.500. The standard InChI is InChI=1S/C10H12N4O2/c11-7-10(1-3-16-4-2-10)9(15)14-8-5-12-13-6-8/h5-6H,1-4H2,(H,12,13)(H,14,15). The van der Waals surface area contributed by atoms with Crippen molar-refractivity contribution in [2.75, 3.05) is 18.5 Å². The van der Waals surface area contributed by atoms with Gasteiger partial charge in [0.25, 0.3) is 0 Å². The summed E-state index contributed by atoms with van der Waals surface area (Å²) in [6.45, 7) is 0.902. The Kier molecular flexibility index (Phi) is 2.88. The van der Waals surface area contributed by atoms with Gasteiger partial charge in [-0.25, -0.2) is 0 Å². The van der Waals surface area contributed by atoms with Gasteiger partial charge in [-0.15, -0.1) is 0 Å². The van der Waals surface area contributed by atoms with Crippen molar-refractivity contribution in [2.45, 2.75) is 12.8 Å². The number of hydrogen-bond acceptors (Lipinski definition) is 4. The van der Waals surface area contributed by atoms with E-state index in [1.165, 1.54) is 6.20 Å². The molecule has 0 spiro atoms. The highest BCUT2D eigenvalue weighted by Gasteiger charge is 2.40. The van der Waals surface area contributed by atoms with Crippen molar-refractivity contribution in [1.29, 1.82) is 5.26 Å². The Bertz CT molecular complexity index is 401. The number of nitriles is 1. The third-order valence-electron chi connectivity index (χ3n) is 2.75. The second-order valence-corrected chi connectivity index (χ2v) is 3.75. The highest BCUT2D eigenvalue weighted by molar-refractivity contribution is 5.97. The fourth-order valence-electron chi connectivity index (χ4n) is 1.68. The molecule has 2 N–H and O–H groups in total. The molecule has 0 saturated carbocycles. The summed E-state index contributed by atoms with van der Waals surface area (Å²) in [6.07, 6.45) is 3.95. The maximum Gasteiger partial charge on any atom is 0.245 e. The minimum absolute atomic E-state index is 0.278. The van der Waals surface area contributed by atoms with Crippen LogP contribution in [0.15, 0.2) is 12.4 Å². The van der Waals surface area contributed by atoms with E-state index in [2.05, 4.69) is 21.6 Å². The molecule has 0 atom stereocenters. The number of nitrogens with zero attached hydrogens (tertiary/aromatic N) is 2. The number of amides is 1. The maximum absolute atomic E-state index is 12.0. The first-order valence-electron chi connectivity index (χ1n) is 5.06. The highest BCUT2D eigenvalue weighted by atomic mass is 16.5. The van der Waals surface area contributed by atoms with Crippen molar-refractivity contribution < 1.29 is 9.53 Å². The number of H-pyrrole nitrogens is 1. The van der Waals surface area contributed by atoms with Crippen molar-refractivity contribution in [2.24, 2.45) is 5.41 Å². The van der Waals surface area contributed by atoms with Gasteiger partial charge < -0.3 is 10.1 Å². The van der Waals surface area contributed by atoms with E-state index in [0.717, 1.165) is 0 Å². The molecule has 84 valence electrons. The third-order valence-corrected chi connectivity index (χ3v) is 2.75. The molecule has 0 aliphatic carbocycles. The summed E-state index contributed by atoms with van der Waals surface area (Å²) >= 11 is 0. The first-order chi connectivity index (χ1) is 7.77. The van der Waals surface area contributed by atoms with Gasteiger partial charge in [-0.3, -0.25) is 9.89 Å². The summed E-state index contributed by atoms with van der Waals surface area (Å²) in [7, 11) is 0. The van der Waals surface area contributed by atoms with Crippen LogP contribution in [0.25, 0.3) is 0 Å². The zero-order chi connectivity index (χ0) is 11.4. The van der Waals surface area contributed by atoms with Crippen LogP contribution in [-0.4, -0.2) is 29.3 Å².